The molecule has 0 rings (SSSR count). The maximum atomic E-state index is 12.4. The van der Waals surface area contributed by atoms with E-state index in [-0.39, 0.29) is 18.9 Å². The van der Waals surface area contributed by atoms with Crippen LogP contribution in [0, 0.1) is 0 Å². The van der Waals surface area contributed by atoms with Crippen LogP contribution >= 0.6 is 0 Å². The van der Waals surface area contributed by atoms with Crippen molar-refractivity contribution in [3.8, 4) is 0 Å². The molecular weight excluding hydrogens is 582 g/mol. The summed E-state index contributed by atoms with van der Waals surface area (Å²) in [5, 5.41) is 33.0. The number of rotatable bonds is 35. The maximum absolute atomic E-state index is 12.4. The summed E-state index contributed by atoms with van der Waals surface area (Å²) in [7, 11) is 0. The number of amides is 1. The summed E-state index contributed by atoms with van der Waals surface area (Å²) in [5.74, 6) is -0.337. The summed E-state index contributed by atoms with van der Waals surface area (Å²) >= 11 is 0. The Morgan fingerprint density at radius 3 is 1.49 bits per heavy atom. The number of carbonyl (C=O) groups excluding carboxylic acids is 1. The SMILES string of the molecule is CCCCCCC/C=C/CC/C=C/C(O)C(CO)NC(=O)CC(O)CCCCCCC/C=C\C/C=C\CCCCCCCCCCC. The Morgan fingerprint density at radius 1 is 0.553 bits per heavy atom. The Morgan fingerprint density at radius 2 is 0.979 bits per heavy atom. The molecule has 0 aromatic rings. The minimum Gasteiger partial charge on any atom is -0.394 e. The highest BCUT2D eigenvalue weighted by atomic mass is 16.3. The van der Waals surface area contributed by atoms with Crippen molar-refractivity contribution in [2.75, 3.05) is 6.61 Å². The van der Waals surface area contributed by atoms with E-state index in [9.17, 15) is 20.1 Å². The summed E-state index contributed by atoms with van der Waals surface area (Å²) in [6.07, 6.45) is 46.7. The van der Waals surface area contributed by atoms with Crippen LogP contribution in [0.3, 0.4) is 0 Å². The monoisotopic (exact) mass is 660 g/mol. The number of hydrogen-bond donors (Lipinski definition) is 4. The number of carbonyl (C=O) groups is 1. The average molecular weight is 660 g/mol. The molecule has 0 aliphatic carbocycles. The second kappa shape index (κ2) is 37.1. The number of nitrogens with one attached hydrogen (secondary N) is 1. The Balaban J connectivity index is 3.74. The summed E-state index contributed by atoms with van der Waals surface area (Å²) in [6, 6.07) is -0.765. The van der Waals surface area contributed by atoms with Crippen molar-refractivity contribution in [2.24, 2.45) is 0 Å². The van der Waals surface area contributed by atoms with E-state index >= 15 is 0 Å². The van der Waals surface area contributed by atoms with Crippen LogP contribution in [0.2, 0.25) is 0 Å². The molecule has 47 heavy (non-hydrogen) atoms. The first-order chi connectivity index (χ1) is 23.0. The minimum atomic E-state index is -0.954. The lowest BCUT2D eigenvalue weighted by Crippen LogP contribution is -2.45. The molecule has 0 aromatic carbocycles. The lowest BCUT2D eigenvalue weighted by atomic mass is 10.0. The number of hydrogen-bond acceptors (Lipinski definition) is 4. The van der Waals surface area contributed by atoms with Gasteiger partial charge in [-0.2, -0.15) is 0 Å². The van der Waals surface area contributed by atoms with Gasteiger partial charge >= 0.3 is 0 Å². The lowest BCUT2D eigenvalue weighted by molar-refractivity contribution is -0.124. The number of aliphatic hydroxyl groups is 3. The zero-order valence-electron chi connectivity index (χ0n) is 30.9. The molecule has 0 bridgehead atoms. The standard InChI is InChI=1S/C42H77NO4/c1-3-5-7-9-11-13-15-16-17-18-19-20-21-22-23-24-26-27-29-31-33-35-39(45)37-42(47)43-40(38-44)41(46)36-34-32-30-28-25-14-12-10-8-6-4-2/h19-20,22-23,25,28,34,36,39-41,44-46H,3-18,21,24,26-27,29-33,35,37-38H2,1-2H3,(H,43,47)/b20-19-,23-22-,28-25+,36-34+. The fourth-order valence-electron chi connectivity index (χ4n) is 5.74. The minimum absolute atomic E-state index is 0.00535. The predicted octanol–water partition coefficient (Wildman–Crippen LogP) is 11.0. The summed E-state index contributed by atoms with van der Waals surface area (Å²) in [4.78, 5) is 12.4. The zero-order valence-corrected chi connectivity index (χ0v) is 30.9. The molecule has 3 unspecified atom stereocenters. The van der Waals surface area contributed by atoms with E-state index in [4.69, 9.17) is 0 Å². The fraction of sp³-hybridized carbons (Fsp3) is 0.786. The van der Waals surface area contributed by atoms with Gasteiger partial charge in [-0.3, -0.25) is 4.79 Å². The molecule has 0 radical (unpaired) electrons. The predicted molar refractivity (Wildman–Crippen MR) is 204 cm³/mol. The summed E-state index contributed by atoms with van der Waals surface area (Å²) in [5.41, 5.74) is 0. The first-order valence-electron chi connectivity index (χ1n) is 19.9. The molecule has 5 nitrogen and oxygen atoms in total. The third-order valence-corrected chi connectivity index (χ3v) is 8.84. The zero-order chi connectivity index (χ0) is 34.5. The largest absolute Gasteiger partial charge is 0.394 e. The van der Waals surface area contributed by atoms with Crippen molar-refractivity contribution < 1.29 is 20.1 Å². The van der Waals surface area contributed by atoms with Crippen LogP contribution in [0.4, 0.5) is 0 Å². The van der Waals surface area contributed by atoms with Gasteiger partial charge < -0.3 is 20.6 Å². The van der Waals surface area contributed by atoms with Gasteiger partial charge in [0.05, 0.1) is 31.3 Å². The topological polar surface area (TPSA) is 89.8 Å². The van der Waals surface area contributed by atoms with Crippen molar-refractivity contribution >= 4 is 5.91 Å². The second-order valence-electron chi connectivity index (χ2n) is 13.5. The van der Waals surface area contributed by atoms with Gasteiger partial charge in [0.15, 0.2) is 0 Å². The third kappa shape index (κ3) is 34.0. The molecule has 0 aliphatic heterocycles. The Kier molecular flexibility index (Phi) is 35.8. The van der Waals surface area contributed by atoms with E-state index in [1.165, 1.54) is 109 Å². The molecule has 0 saturated carbocycles. The average Bonchev–Trinajstić information content (AvgIpc) is 3.06. The molecule has 0 heterocycles. The van der Waals surface area contributed by atoms with Crippen molar-refractivity contribution in [3.63, 3.8) is 0 Å². The number of unbranched alkanes of at least 4 members (excludes halogenated alkanes) is 20. The van der Waals surface area contributed by atoms with E-state index in [1.54, 1.807) is 6.08 Å². The van der Waals surface area contributed by atoms with Crippen LogP contribution in [0.25, 0.3) is 0 Å². The molecule has 0 spiro atoms. The molecule has 0 aromatic heterocycles. The van der Waals surface area contributed by atoms with Crippen LogP contribution in [-0.2, 0) is 4.79 Å². The van der Waals surface area contributed by atoms with E-state index in [0.717, 1.165) is 51.4 Å². The molecule has 0 fully saturated rings. The van der Waals surface area contributed by atoms with Gasteiger partial charge in [-0.1, -0.05) is 165 Å². The van der Waals surface area contributed by atoms with Gasteiger partial charge in [0, 0.05) is 0 Å². The van der Waals surface area contributed by atoms with Crippen LogP contribution in [-0.4, -0.2) is 46.1 Å². The number of aliphatic hydroxyl groups excluding tert-OH is 3. The molecule has 0 aliphatic rings. The van der Waals surface area contributed by atoms with Crippen LogP contribution in [0.5, 0.6) is 0 Å². The Labute approximate surface area is 291 Å². The Hall–Kier alpha value is -1.69. The van der Waals surface area contributed by atoms with Gasteiger partial charge in [0.1, 0.15) is 0 Å². The summed E-state index contributed by atoms with van der Waals surface area (Å²) in [6.45, 7) is 4.15. The molecule has 274 valence electrons. The van der Waals surface area contributed by atoms with Crippen molar-refractivity contribution in [3.05, 3.63) is 48.6 Å². The lowest BCUT2D eigenvalue weighted by Gasteiger charge is -2.20. The van der Waals surface area contributed by atoms with Gasteiger partial charge in [-0.15, -0.1) is 0 Å². The molecule has 1 amide bonds. The highest BCUT2D eigenvalue weighted by Gasteiger charge is 2.20. The molecule has 3 atom stereocenters. The second-order valence-corrected chi connectivity index (χ2v) is 13.5. The smallest absolute Gasteiger partial charge is 0.222 e. The van der Waals surface area contributed by atoms with Crippen LogP contribution < -0.4 is 5.32 Å². The van der Waals surface area contributed by atoms with Crippen LogP contribution in [0.15, 0.2) is 48.6 Å². The van der Waals surface area contributed by atoms with E-state index < -0.39 is 18.2 Å². The van der Waals surface area contributed by atoms with Crippen molar-refractivity contribution in [2.45, 2.75) is 205 Å². The van der Waals surface area contributed by atoms with Crippen molar-refractivity contribution in [1.29, 1.82) is 0 Å². The number of allylic oxidation sites excluding steroid dienone is 7. The van der Waals surface area contributed by atoms with E-state index in [1.807, 2.05) is 6.08 Å². The fourth-order valence-corrected chi connectivity index (χ4v) is 5.74. The van der Waals surface area contributed by atoms with Crippen LogP contribution in [0.1, 0.15) is 187 Å². The first-order valence-corrected chi connectivity index (χ1v) is 19.9. The highest BCUT2D eigenvalue weighted by molar-refractivity contribution is 5.76. The Bertz CT molecular complexity index is 775. The molecular formula is C42H77NO4. The highest BCUT2D eigenvalue weighted by Crippen LogP contribution is 2.13. The van der Waals surface area contributed by atoms with Gasteiger partial charge in [0.25, 0.3) is 0 Å². The van der Waals surface area contributed by atoms with Gasteiger partial charge in [-0.25, -0.2) is 0 Å². The molecule has 4 N–H and O–H groups in total. The van der Waals surface area contributed by atoms with E-state index in [0.29, 0.717) is 6.42 Å². The summed E-state index contributed by atoms with van der Waals surface area (Å²) < 4.78 is 0. The molecule has 5 heteroatoms. The van der Waals surface area contributed by atoms with E-state index in [2.05, 4.69) is 55.6 Å². The normalized spacial score (nSPS) is 14.2. The van der Waals surface area contributed by atoms with Crippen molar-refractivity contribution in [1.82, 2.24) is 5.32 Å². The van der Waals surface area contributed by atoms with Gasteiger partial charge in [-0.05, 0) is 64.2 Å². The quantitative estimate of drug-likeness (QED) is 0.0402. The maximum Gasteiger partial charge on any atom is 0.222 e. The molecule has 0 saturated heterocycles. The van der Waals surface area contributed by atoms with Gasteiger partial charge in [0.2, 0.25) is 5.91 Å². The first kappa shape index (κ1) is 45.3. The third-order valence-electron chi connectivity index (χ3n) is 8.84.